The third-order valence-corrected chi connectivity index (χ3v) is 4.54. The molecule has 6 heteroatoms. The molecule has 0 aliphatic carbocycles. The molecule has 2 N–H and O–H groups in total. The molecule has 2 aromatic rings. The summed E-state index contributed by atoms with van der Waals surface area (Å²) in [5.74, 6) is 0. The van der Waals surface area contributed by atoms with Crippen molar-refractivity contribution in [3.63, 3.8) is 0 Å². The van der Waals surface area contributed by atoms with Crippen molar-refractivity contribution < 1.29 is 4.94 Å². The predicted octanol–water partition coefficient (Wildman–Crippen LogP) is 2.52. The summed E-state index contributed by atoms with van der Waals surface area (Å²) in [6, 6.07) is 16.6. The number of fused-ring (bicyclic) bond motifs is 2. The second-order valence-corrected chi connectivity index (χ2v) is 6.21. The highest BCUT2D eigenvalue weighted by molar-refractivity contribution is 5.91. The second-order valence-electron chi connectivity index (χ2n) is 6.21. The summed E-state index contributed by atoms with van der Waals surface area (Å²) in [5, 5.41) is 5.48. The zero-order valence-corrected chi connectivity index (χ0v) is 13.9. The first-order valence-electron chi connectivity index (χ1n) is 8.37. The lowest BCUT2D eigenvalue weighted by Gasteiger charge is -2.35. The minimum absolute atomic E-state index is 0.585. The molecule has 6 nitrogen and oxygen atoms in total. The van der Waals surface area contributed by atoms with E-state index in [0.717, 1.165) is 48.9 Å². The van der Waals surface area contributed by atoms with Gasteiger partial charge in [-0.15, -0.1) is 0 Å². The third kappa shape index (κ3) is 3.09. The van der Waals surface area contributed by atoms with Crippen molar-refractivity contribution in [2.45, 2.75) is 0 Å². The molecule has 0 aromatic heterocycles. The van der Waals surface area contributed by atoms with E-state index in [2.05, 4.69) is 64.0 Å². The standard InChI is InChI=1S/C18H23N5O/c1-21-10-12-22(13-11-21)24-19-14-23-17-8-4-2-6-15(17)20-16-7-3-5-9-18(16)23/h2-9,19-20H,10-14H2,1H3. The van der Waals surface area contributed by atoms with Gasteiger partial charge in [0.15, 0.2) is 0 Å². The Balaban J connectivity index is 1.46. The number of rotatable bonds is 4. The molecule has 0 saturated carbocycles. The first-order chi connectivity index (χ1) is 11.8. The fraction of sp³-hybridized carbons (Fsp3) is 0.333. The largest absolute Gasteiger partial charge is 0.352 e. The SMILES string of the molecule is CN1CCN(ONCN2c3ccccc3Nc3ccccc32)CC1. The molecule has 2 heterocycles. The van der Waals surface area contributed by atoms with E-state index in [4.69, 9.17) is 4.94 Å². The molecule has 2 aliphatic rings. The molecule has 0 radical (unpaired) electrons. The van der Waals surface area contributed by atoms with E-state index in [0.29, 0.717) is 6.67 Å². The number of hydrogen-bond donors (Lipinski definition) is 2. The molecule has 2 aromatic carbocycles. The van der Waals surface area contributed by atoms with Crippen molar-refractivity contribution in [3.05, 3.63) is 48.5 Å². The maximum Gasteiger partial charge on any atom is 0.0985 e. The number of para-hydroxylation sites is 4. The zero-order chi connectivity index (χ0) is 16.4. The summed E-state index contributed by atoms with van der Waals surface area (Å²) in [4.78, 5) is 10.3. The summed E-state index contributed by atoms with van der Waals surface area (Å²) in [5.41, 5.74) is 7.63. The van der Waals surface area contributed by atoms with Crippen LogP contribution >= 0.6 is 0 Å². The molecule has 1 fully saturated rings. The molecule has 0 amide bonds. The van der Waals surface area contributed by atoms with E-state index < -0.39 is 0 Å². The molecule has 126 valence electrons. The minimum Gasteiger partial charge on any atom is -0.352 e. The first-order valence-corrected chi connectivity index (χ1v) is 8.37. The fourth-order valence-corrected chi connectivity index (χ4v) is 3.14. The molecule has 0 bridgehead atoms. The normalized spacial score (nSPS) is 18.0. The number of nitrogens with zero attached hydrogens (tertiary/aromatic N) is 3. The average molecular weight is 325 g/mol. The molecular weight excluding hydrogens is 302 g/mol. The number of likely N-dealkylation sites (N-methyl/N-ethyl adjacent to an activating group) is 1. The van der Waals surface area contributed by atoms with E-state index >= 15 is 0 Å². The van der Waals surface area contributed by atoms with Gasteiger partial charge in [0.25, 0.3) is 0 Å². The lowest BCUT2D eigenvalue weighted by atomic mass is 10.1. The molecule has 0 spiro atoms. The highest BCUT2D eigenvalue weighted by Crippen LogP contribution is 2.42. The molecule has 24 heavy (non-hydrogen) atoms. The van der Waals surface area contributed by atoms with Crippen LogP contribution in [0.4, 0.5) is 22.7 Å². The van der Waals surface area contributed by atoms with Gasteiger partial charge in [-0.05, 0) is 31.3 Å². The number of piperazine rings is 1. The first kappa shape index (κ1) is 15.4. The van der Waals surface area contributed by atoms with Crippen LogP contribution in [0.2, 0.25) is 0 Å². The highest BCUT2D eigenvalue weighted by Gasteiger charge is 2.22. The Kier molecular flexibility index (Phi) is 4.36. The van der Waals surface area contributed by atoms with Crippen molar-refractivity contribution in [2.75, 3.05) is 50.1 Å². The van der Waals surface area contributed by atoms with Crippen LogP contribution in [-0.2, 0) is 4.94 Å². The lowest BCUT2D eigenvalue weighted by Crippen LogP contribution is -2.47. The third-order valence-electron chi connectivity index (χ3n) is 4.54. The van der Waals surface area contributed by atoms with Crippen molar-refractivity contribution in [1.82, 2.24) is 15.4 Å². The number of benzene rings is 2. The molecule has 0 unspecified atom stereocenters. The van der Waals surface area contributed by atoms with Gasteiger partial charge in [0.05, 0.1) is 29.4 Å². The number of anilines is 4. The summed E-state index contributed by atoms with van der Waals surface area (Å²) >= 11 is 0. The summed E-state index contributed by atoms with van der Waals surface area (Å²) in [6.07, 6.45) is 0. The Labute approximate surface area is 142 Å². The smallest absolute Gasteiger partial charge is 0.0985 e. The van der Waals surface area contributed by atoms with Gasteiger partial charge in [0, 0.05) is 26.2 Å². The van der Waals surface area contributed by atoms with Crippen molar-refractivity contribution in [3.8, 4) is 0 Å². The molecule has 1 saturated heterocycles. The van der Waals surface area contributed by atoms with E-state index in [-0.39, 0.29) is 0 Å². The minimum atomic E-state index is 0.585. The van der Waals surface area contributed by atoms with Crippen LogP contribution in [0.15, 0.2) is 48.5 Å². The highest BCUT2D eigenvalue weighted by atomic mass is 16.8. The van der Waals surface area contributed by atoms with Crippen LogP contribution in [-0.4, -0.2) is 49.9 Å². The maximum atomic E-state index is 5.76. The van der Waals surface area contributed by atoms with Gasteiger partial charge in [-0.2, -0.15) is 10.5 Å². The van der Waals surface area contributed by atoms with Gasteiger partial charge in [0.2, 0.25) is 0 Å². The number of nitrogens with one attached hydrogen (secondary N) is 2. The number of hydroxylamine groups is 3. The van der Waals surface area contributed by atoms with Crippen LogP contribution in [0, 0.1) is 0 Å². The Morgan fingerprint density at radius 1 is 0.917 bits per heavy atom. The van der Waals surface area contributed by atoms with E-state index in [1.165, 1.54) is 0 Å². The average Bonchev–Trinajstić information content (AvgIpc) is 2.63. The molecule has 2 aliphatic heterocycles. The van der Waals surface area contributed by atoms with Crippen molar-refractivity contribution in [2.24, 2.45) is 0 Å². The van der Waals surface area contributed by atoms with Gasteiger partial charge < -0.3 is 15.1 Å². The van der Waals surface area contributed by atoms with Gasteiger partial charge in [-0.25, -0.2) is 4.94 Å². The fourth-order valence-electron chi connectivity index (χ4n) is 3.14. The zero-order valence-electron chi connectivity index (χ0n) is 13.9. The Morgan fingerprint density at radius 2 is 1.50 bits per heavy atom. The quantitative estimate of drug-likeness (QED) is 0.842. The van der Waals surface area contributed by atoms with E-state index in [9.17, 15) is 0 Å². The van der Waals surface area contributed by atoms with Gasteiger partial charge in [-0.3, -0.25) is 0 Å². The van der Waals surface area contributed by atoms with Crippen LogP contribution in [0.1, 0.15) is 0 Å². The van der Waals surface area contributed by atoms with Crippen LogP contribution in [0.3, 0.4) is 0 Å². The predicted molar refractivity (Wildman–Crippen MR) is 96.5 cm³/mol. The summed E-state index contributed by atoms with van der Waals surface area (Å²) < 4.78 is 0. The number of hydrogen-bond acceptors (Lipinski definition) is 6. The molecule has 0 atom stereocenters. The topological polar surface area (TPSA) is 43.0 Å². The summed E-state index contributed by atoms with van der Waals surface area (Å²) in [7, 11) is 2.14. The van der Waals surface area contributed by atoms with Crippen LogP contribution in [0.5, 0.6) is 0 Å². The van der Waals surface area contributed by atoms with Crippen LogP contribution in [0.25, 0.3) is 0 Å². The maximum absolute atomic E-state index is 5.76. The lowest BCUT2D eigenvalue weighted by molar-refractivity contribution is -0.221. The van der Waals surface area contributed by atoms with Gasteiger partial charge in [-0.1, -0.05) is 24.3 Å². The van der Waals surface area contributed by atoms with Crippen molar-refractivity contribution >= 4 is 22.7 Å². The molecular formula is C18H23N5O. The Bertz CT molecular complexity index is 654. The van der Waals surface area contributed by atoms with Gasteiger partial charge >= 0.3 is 0 Å². The van der Waals surface area contributed by atoms with Gasteiger partial charge in [0.1, 0.15) is 0 Å². The van der Waals surface area contributed by atoms with Crippen LogP contribution < -0.4 is 15.7 Å². The van der Waals surface area contributed by atoms with E-state index in [1.807, 2.05) is 17.2 Å². The Morgan fingerprint density at radius 3 is 2.12 bits per heavy atom. The second kappa shape index (κ2) is 6.78. The molecule has 4 rings (SSSR count). The Hall–Kier alpha value is -2.12. The monoisotopic (exact) mass is 325 g/mol. The van der Waals surface area contributed by atoms with Crippen molar-refractivity contribution in [1.29, 1.82) is 0 Å². The van der Waals surface area contributed by atoms with E-state index in [1.54, 1.807) is 0 Å². The summed E-state index contributed by atoms with van der Waals surface area (Å²) in [6.45, 7) is 4.47.